The second-order valence-electron chi connectivity index (χ2n) is 8.49. The summed E-state index contributed by atoms with van der Waals surface area (Å²) in [6, 6.07) is 9.66. The van der Waals surface area contributed by atoms with E-state index < -0.39 is 21.8 Å². The Balaban J connectivity index is 1.71. The highest BCUT2D eigenvalue weighted by atomic mass is 35.5. The lowest BCUT2D eigenvalue weighted by Crippen LogP contribution is -2.32. The SMILES string of the molecule is CNC(=O)C(C)Cn1cnc2ccc(-c3cnc(C)c(NS(=O)(=O)c4ccc(F)cc4Cl)c3)cc2c1=O. The lowest BCUT2D eigenvalue weighted by Gasteiger charge is -2.14. The fraction of sp³-hybridized carbons (Fsp3) is 0.200. The summed E-state index contributed by atoms with van der Waals surface area (Å²) < 4.78 is 43.1. The maximum atomic E-state index is 13.4. The van der Waals surface area contributed by atoms with Crippen LogP contribution in [0.15, 0.2) is 64.7 Å². The van der Waals surface area contributed by atoms with Gasteiger partial charge in [0.25, 0.3) is 15.6 Å². The molecule has 2 aromatic carbocycles. The van der Waals surface area contributed by atoms with Crippen LogP contribution in [0.1, 0.15) is 12.6 Å². The number of hydrogen-bond acceptors (Lipinski definition) is 6. The van der Waals surface area contributed by atoms with E-state index in [1.165, 1.54) is 17.9 Å². The molecule has 2 aromatic heterocycles. The Labute approximate surface area is 217 Å². The molecule has 4 rings (SSSR count). The van der Waals surface area contributed by atoms with Gasteiger partial charge in [0.15, 0.2) is 0 Å². The number of aryl methyl sites for hydroxylation is 1. The quantitative estimate of drug-likeness (QED) is 0.366. The standard InChI is InChI=1S/C25H23ClFN5O4S/c1-14(24(33)28-3)12-32-13-30-21-6-4-16(8-19(21)25(32)34)17-9-22(15(2)29-11-17)31-37(35,36)23-7-5-18(27)10-20(23)26/h4-11,13-14,31H,12H2,1-3H3,(H,28,33). The number of nitrogens with one attached hydrogen (secondary N) is 2. The molecule has 0 radical (unpaired) electrons. The highest BCUT2D eigenvalue weighted by Crippen LogP contribution is 2.29. The zero-order valence-electron chi connectivity index (χ0n) is 20.1. The van der Waals surface area contributed by atoms with Gasteiger partial charge in [-0.25, -0.2) is 17.8 Å². The minimum atomic E-state index is -4.13. The third-order valence-corrected chi connectivity index (χ3v) is 7.69. The van der Waals surface area contributed by atoms with Crippen LogP contribution in [0, 0.1) is 18.7 Å². The van der Waals surface area contributed by atoms with Crippen molar-refractivity contribution >= 4 is 44.1 Å². The molecule has 12 heteroatoms. The predicted molar refractivity (Wildman–Crippen MR) is 139 cm³/mol. The highest BCUT2D eigenvalue weighted by Gasteiger charge is 2.20. The van der Waals surface area contributed by atoms with Crippen molar-refractivity contribution in [3.05, 3.63) is 81.9 Å². The van der Waals surface area contributed by atoms with Crippen LogP contribution < -0.4 is 15.6 Å². The lowest BCUT2D eigenvalue weighted by molar-refractivity contribution is -0.124. The number of carbonyl (C=O) groups is 1. The van der Waals surface area contributed by atoms with Gasteiger partial charge in [-0.05, 0) is 48.9 Å². The van der Waals surface area contributed by atoms with Crippen molar-refractivity contribution in [2.24, 2.45) is 5.92 Å². The van der Waals surface area contributed by atoms with E-state index >= 15 is 0 Å². The first-order valence-corrected chi connectivity index (χ1v) is 13.0. The average molecular weight is 544 g/mol. The van der Waals surface area contributed by atoms with Gasteiger partial charge >= 0.3 is 0 Å². The van der Waals surface area contributed by atoms with Crippen molar-refractivity contribution in [1.29, 1.82) is 0 Å². The summed E-state index contributed by atoms with van der Waals surface area (Å²) in [5.74, 6) is -1.28. The molecule has 4 aromatic rings. The molecule has 0 spiro atoms. The molecule has 0 saturated carbocycles. The Morgan fingerprint density at radius 2 is 1.89 bits per heavy atom. The van der Waals surface area contributed by atoms with Gasteiger partial charge in [-0.1, -0.05) is 24.6 Å². The third-order valence-electron chi connectivity index (χ3n) is 5.84. The molecule has 2 heterocycles. The molecule has 37 heavy (non-hydrogen) atoms. The first-order valence-electron chi connectivity index (χ1n) is 11.2. The fourth-order valence-corrected chi connectivity index (χ4v) is 5.42. The average Bonchev–Trinajstić information content (AvgIpc) is 2.86. The maximum absolute atomic E-state index is 13.4. The van der Waals surface area contributed by atoms with E-state index in [2.05, 4.69) is 20.0 Å². The van der Waals surface area contributed by atoms with Gasteiger partial charge in [0.2, 0.25) is 5.91 Å². The number of amides is 1. The fourth-order valence-electron chi connectivity index (χ4n) is 3.78. The van der Waals surface area contributed by atoms with Crippen molar-refractivity contribution in [1.82, 2.24) is 19.9 Å². The molecule has 192 valence electrons. The zero-order chi connectivity index (χ0) is 26.9. The van der Waals surface area contributed by atoms with Crippen molar-refractivity contribution in [3.63, 3.8) is 0 Å². The molecular formula is C25H23ClFN5O4S. The third kappa shape index (κ3) is 5.47. The van der Waals surface area contributed by atoms with Gasteiger partial charge in [0.05, 0.1) is 39.6 Å². The van der Waals surface area contributed by atoms with E-state index in [4.69, 9.17) is 11.6 Å². The minimum absolute atomic E-state index is 0.162. The molecule has 0 fully saturated rings. The number of benzene rings is 2. The first-order chi connectivity index (χ1) is 17.5. The maximum Gasteiger partial charge on any atom is 0.263 e. The number of nitrogens with zero attached hydrogens (tertiary/aromatic N) is 3. The Kier molecular flexibility index (Phi) is 7.28. The van der Waals surface area contributed by atoms with Gasteiger partial charge in [-0.15, -0.1) is 0 Å². The smallest absolute Gasteiger partial charge is 0.263 e. The van der Waals surface area contributed by atoms with E-state index in [1.54, 1.807) is 44.3 Å². The number of sulfonamides is 1. The summed E-state index contributed by atoms with van der Waals surface area (Å²) in [7, 11) is -2.60. The summed E-state index contributed by atoms with van der Waals surface area (Å²) in [4.78, 5) is 33.4. The summed E-state index contributed by atoms with van der Waals surface area (Å²) >= 11 is 5.95. The van der Waals surface area contributed by atoms with Crippen LogP contribution in [0.4, 0.5) is 10.1 Å². The number of fused-ring (bicyclic) bond motifs is 1. The summed E-state index contributed by atoms with van der Waals surface area (Å²) in [6.07, 6.45) is 2.96. The number of halogens is 2. The number of rotatable bonds is 7. The minimum Gasteiger partial charge on any atom is -0.359 e. The molecule has 0 saturated heterocycles. The Bertz CT molecular complexity index is 1690. The highest BCUT2D eigenvalue weighted by molar-refractivity contribution is 7.92. The molecule has 9 nitrogen and oxygen atoms in total. The van der Waals surface area contributed by atoms with Crippen molar-refractivity contribution < 1.29 is 17.6 Å². The van der Waals surface area contributed by atoms with Crippen molar-refractivity contribution in [3.8, 4) is 11.1 Å². The van der Waals surface area contributed by atoms with Crippen molar-refractivity contribution in [2.45, 2.75) is 25.3 Å². The summed E-state index contributed by atoms with van der Waals surface area (Å²) in [5, 5.41) is 2.65. The largest absolute Gasteiger partial charge is 0.359 e. The van der Waals surface area contributed by atoms with Crippen LogP contribution in [-0.2, 0) is 21.4 Å². The van der Waals surface area contributed by atoms with Crippen LogP contribution in [-0.4, -0.2) is 35.9 Å². The van der Waals surface area contributed by atoms with Crippen LogP contribution >= 0.6 is 11.6 Å². The van der Waals surface area contributed by atoms with Crippen LogP contribution in [0.2, 0.25) is 5.02 Å². The van der Waals surface area contributed by atoms with Gasteiger partial charge in [0.1, 0.15) is 10.7 Å². The van der Waals surface area contributed by atoms with Crippen LogP contribution in [0.5, 0.6) is 0 Å². The summed E-state index contributed by atoms with van der Waals surface area (Å²) in [5.41, 5.74) is 1.92. The molecule has 1 atom stereocenters. The molecule has 0 aliphatic rings. The van der Waals surface area contributed by atoms with E-state index in [0.717, 1.165) is 18.2 Å². The molecule has 0 aliphatic heterocycles. The molecule has 1 amide bonds. The van der Waals surface area contributed by atoms with E-state index in [-0.39, 0.29) is 33.6 Å². The molecule has 1 unspecified atom stereocenters. The Morgan fingerprint density at radius 1 is 1.14 bits per heavy atom. The molecular weight excluding hydrogens is 521 g/mol. The second kappa shape index (κ2) is 10.3. The molecule has 2 N–H and O–H groups in total. The van der Waals surface area contributed by atoms with Gasteiger partial charge in [-0.2, -0.15) is 0 Å². The number of hydrogen-bond donors (Lipinski definition) is 2. The van der Waals surface area contributed by atoms with Crippen molar-refractivity contribution in [2.75, 3.05) is 11.8 Å². The Hall–Kier alpha value is -3.83. The van der Waals surface area contributed by atoms with E-state index in [0.29, 0.717) is 27.7 Å². The number of anilines is 1. The van der Waals surface area contributed by atoms with Gasteiger partial charge < -0.3 is 5.32 Å². The van der Waals surface area contributed by atoms with Gasteiger partial charge in [-0.3, -0.25) is 23.9 Å². The lowest BCUT2D eigenvalue weighted by atomic mass is 10.0. The second-order valence-corrected chi connectivity index (χ2v) is 10.5. The molecule has 0 bridgehead atoms. The molecule has 0 aliphatic carbocycles. The van der Waals surface area contributed by atoms with Crippen LogP contribution in [0.25, 0.3) is 22.0 Å². The first kappa shape index (κ1) is 26.2. The van der Waals surface area contributed by atoms with E-state index in [1.807, 2.05) is 0 Å². The number of carbonyl (C=O) groups excluding carboxylic acids is 1. The van der Waals surface area contributed by atoms with Gasteiger partial charge in [0, 0.05) is 25.4 Å². The normalized spacial score (nSPS) is 12.4. The number of aromatic nitrogens is 3. The predicted octanol–water partition coefficient (Wildman–Crippen LogP) is 3.74. The monoisotopic (exact) mass is 543 g/mol. The van der Waals surface area contributed by atoms with Crippen LogP contribution in [0.3, 0.4) is 0 Å². The van der Waals surface area contributed by atoms with E-state index in [9.17, 15) is 22.4 Å². The Morgan fingerprint density at radius 3 is 2.59 bits per heavy atom. The topological polar surface area (TPSA) is 123 Å². The summed E-state index contributed by atoms with van der Waals surface area (Å²) in [6.45, 7) is 3.51. The zero-order valence-corrected chi connectivity index (χ0v) is 21.7. The number of pyridine rings is 1.